The highest BCUT2D eigenvalue weighted by molar-refractivity contribution is 5.87. The molecule has 0 saturated carbocycles. The third-order valence-corrected chi connectivity index (χ3v) is 4.26. The zero-order chi connectivity index (χ0) is 18.0. The Morgan fingerprint density at radius 3 is 2.68 bits per heavy atom. The Hall–Kier alpha value is -2.71. The van der Waals surface area contributed by atoms with Crippen molar-refractivity contribution in [2.24, 2.45) is 7.05 Å². The molecule has 1 saturated heterocycles. The van der Waals surface area contributed by atoms with Crippen molar-refractivity contribution in [3.63, 3.8) is 0 Å². The van der Waals surface area contributed by atoms with Gasteiger partial charge in [0.25, 0.3) is 0 Å². The number of aromatic nitrogens is 4. The zero-order valence-electron chi connectivity index (χ0n) is 14.4. The summed E-state index contributed by atoms with van der Waals surface area (Å²) in [5.74, 6) is 0.115. The standard InChI is InChI=1S/C16H21N5O4/c1-3-25-13(22)7-6-12-17-10-11-14(18-12)19(2)15(23)21(11)16(24)20-8-4-5-9-20/h10H,3-9H2,1-2H3. The first kappa shape index (κ1) is 17.1. The summed E-state index contributed by atoms with van der Waals surface area (Å²) in [6.07, 6.45) is 3.84. The highest BCUT2D eigenvalue weighted by Crippen LogP contribution is 2.14. The number of rotatable bonds is 4. The van der Waals surface area contributed by atoms with Gasteiger partial charge in [-0.15, -0.1) is 0 Å². The molecule has 0 radical (unpaired) electrons. The summed E-state index contributed by atoms with van der Waals surface area (Å²) in [5.41, 5.74) is 0.319. The first-order chi connectivity index (χ1) is 12.0. The van der Waals surface area contributed by atoms with Crippen LogP contribution in [0.2, 0.25) is 0 Å². The van der Waals surface area contributed by atoms with E-state index in [0.717, 1.165) is 17.4 Å². The van der Waals surface area contributed by atoms with Crippen LogP contribution in [0, 0.1) is 0 Å². The van der Waals surface area contributed by atoms with E-state index in [2.05, 4.69) is 9.97 Å². The lowest BCUT2D eigenvalue weighted by Gasteiger charge is -2.14. The normalized spacial score (nSPS) is 14.2. The lowest BCUT2D eigenvalue weighted by Crippen LogP contribution is -2.38. The van der Waals surface area contributed by atoms with Crippen molar-refractivity contribution in [2.75, 3.05) is 19.7 Å². The van der Waals surface area contributed by atoms with Gasteiger partial charge in [-0.1, -0.05) is 0 Å². The van der Waals surface area contributed by atoms with Gasteiger partial charge < -0.3 is 9.64 Å². The number of likely N-dealkylation sites (tertiary alicyclic amines) is 1. The van der Waals surface area contributed by atoms with E-state index in [-0.39, 0.29) is 18.4 Å². The van der Waals surface area contributed by atoms with E-state index >= 15 is 0 Å². The molecule has 0 unspecified atom stereocenters. The predicted octanol–water partition coefficient (Wildman–Crippen LogP) is 0.690. The van der Waals surface area contributed by atoms with Crippen molar-refractivity contribution in [1.29, 1.82) is 0 Å². The van der Waals surface area contributed by atoms with Crippen LogP contribution < -0.4 is 5.69 Å². The number of amides is 1. The van der Waals surface area contributed by atoms with Crippen LogP contribution in [-0.4, -0.2) is 55.7 Å². The molecule has 1 aliphatic heterocycles. The van der Waals surface area contributed by atoms with E-state index in [9.17, 15) is 14.4 Å². The maximum Gasteiger partial charge on any atom is 0.338 e. The van der Waals surface area contributed by atoms with Crippen LogP contribution in [0.1, 0.15) is 32.0 Å². The van der Waals surface area contributed by atoms with Crippen molar-refractivity contribution >= 4 is 23.2 Å². The smallest absolute Gasteiger partial charge is 0.338 e. The van der Waals surface area contributed by atoms with E-state index in [1.165, 1.54) is 10.8 Å². The second kappa shape index (κ2) is 7.04. The quantitative estimate of drug-likeness (QED) is 0.755. The van der Waals surface area contributed by atoms with Crippen LogP contribution in [0.3, 0.4) is 0 Å². The van der Waals surface area contributed by atoms with Crippen molar-refractivity contribution in [1.82, 2.24) is 24.0 Å². The number of ether oxygens (including phenoxy) is 1. The molecule has 3 rings (SSSR count). The molecule has 0 aliphatic carbocycles. The Balaban J connectivity index is 1.90. The molecule has 25 heavy (non-hydrogen) atoms. The maximum absolute atomic E-state index is 12.6. The van der Waals surface area contributed by atoms with Crippen LogP contribution >= 0.6 is 0 Å². The molecule has 1 aliphatic rings. The van der Waals surface area contributed by atoms with Gasteiger partial charge in [-0.3, -0.25) is 9.36 Å². The van der Waals surface area contributed by atoms with E-state index in [0.29, 0.717) is 43.1 Å². The number of imidazole rings is 1. The average Bonchev–Trinajstić information content (AvgIpc) is 3.21. The summed E-state index contributed by atoms with van der Waals surface area (Å²) >= 11 is 0. The Morgan fingerprint density at radius 1 is 1.28 bits per heavy atom. The number of esters is 1. The molecule has 0 N–H and O–H groups in total. The fourth-order valence-electron chi connectivity index (χ4n) is 2.95. The Bertz CT molecular complexity index is 863. The van der Waals surface area contributed by atoms with Crippen LogP contribution in [0.4, 0.5) is 4.79 Å². The molecule has 9 nitrogen and oxygen atoms in total. The molecule has 2 aromatic rings. The maximum atomic E-state index is 12.6. The van der Waals surface area contributed by atoms with E-state index < -0.39 is 5.69 Å². The highest BCUT2D eigenvalue weighted by atomic mass is 16.5. The lowest BCUT2D eigenvalue weighted by molar-refractivity contribution is -0.143. The number of nitrogens with zero attached hydrogens (tertiary/aromatic N) is 5. The molecule has 134 valence electrons. The van der Waals surface area contributed by atoms with Gasteiger partial charge in [0, 0.05) is 26.6 Å². The predicted molar refractivity (Wildman–Crippen MR) is 89.3 cm³/mol. The van der Waals surface area contributed by atoms with Crippen molar-refractivity contribution in [2.45, 2.75) is 32.6 Å². The molecule has 0 bridgehead atoms. The third-order valence-electron chi connectivity index (χ3n) is 4.26. The minimum absolute atomic E-state index is 0.167. The number of hydrogen-bond acceptors (Lipinski definition) is 6. The summed E-state index contributed by atoms with van der Waals surface area (Å²) < 4.78 is 7.34. The van der Waals surface area contributed by atoms with Crippen LogP contribution in [0.15, 0.2) is 11.0 Å². The molecule has 1 fully saturated rings. The number of aryl methyl sites for hydroxylation is 2. The first-order valence-electron chi connectivity index (χ1n) is 8.41. The van der Waals surface area contributed by atoms with Gasteiger partial charge in [0.15, 0.2) is 5.65 Å². The van der Waals surface area contributed by atoms with E-state index in [1.807, 2.05) is 0 Å². The Labute approximate surface area is 144 Å². The SMILES string of the molecule is CCOC(=O)CCc1ncc2c(n1)n(C)c(=O)n2C(=O)N1CCCC1. The minimum Gasteiger partial charge on any atom is -0.466 e. The van der Waals surface area contributed by atoms with Gasteiger partial charge in [0.2, 0.25) is 0 Å². The van der Waals surface area contributed by atoms with Gasteiger partial charge in [0.05, 0.1) is 19.2 Å². The monoisotopic (exact) mass is 347 g/mol. The lowest BCUT2D eigenvalue weighted by atomic mass is 10.3. The molecular weight excluding hydrogens is 326 g/mol. The second-order valence-electron chi connectivity index (χ2n) is 5.95. The van der Waals surface area contributed by atoms with Crippen LogP contribution in [0.25, 0.3) is 11.2 Å². The summed E-state index contributed by atoms with van der Waals surface area (Å²) in [4.78, 5) is 46.8. The summed E-state index contributed by atoms with van der Waals surface area (Å²) in [6.45, 7) is 3.38. The van der Waals surface area contributed by atoms with Crippen LogP contribution in [-0.2, 0) is 23.0 Å². The molecule has 2 aromatic heterocycles. The third kappa shape index (κ3) is 3.26. The molecule has 3 heterocycles. The molecule has 1 amide bonds. The summed E-state index contributed by atoms with van der Waals surface area (Å²) in [5, 5.41) is 0. The van der Waals surface area contributed by atoms with Crippen molar-refractivity contribution in [3.8, 4) is 0 Å². The van der Waals surface area contributed by atoms with Gasteiger partial charge in [-0.05, 0) is 19.8 Å². The Kier molecular flexibility index (Phi) is 4.82. The van der Waals surface area contributed by atoms with Crippen molar-refractivity contribution < 1.29 is 14.3 Å². The van der Waals surface area contributed by atoms with Crippen molar-refractivity contribution in [3.05, 3.63) is 22.5 Å². The Morgan fingerprint density at radius 2 is 2.00 bits per heavy atom. The summed E-state index contributed by atoms with van der Waals surface area (Å²) in [7, 11) is 1.57. The molecule has 0 spiro atoms. The van der Waals surface area contributed by atoms with Gasteiger partial charge in [0.1, 0.15) is 11.3 Å². The highest BCUT2D eigenvalue weighted by Gasteiger charge is 2.25. The topological polar surface area (TPSA) is 99.3 Å². The summed E-state index contributed by atoms with van der Waals surface area (Å²) in [6, 6.07) is -0.337. The number of carbonyl (C=O) groups excluding carboxylic acids is 2. The largest absolute Gasteiger partial charge is 0.466 e. The second-order valence-corrected chi connectivity index (χ2v) is 5.95. The van der Waals surface area contributed by atoms with Gasteiger partial charge in [-0.2, -0.15) is 0 Å². The van der Waals surface area contributed by atoms with Crippen LogP contribution in [0.5, 0.6) is 0 Å². The zero-order valence-corrected chi connectivity index (χ0v) is 14.4. The van der Waals surface area contributed by atoms with E-state index in [4.69, 9.17) is 4.74 Å². The average molecular weight is 347 g/mol. The first-order valence-corrected chi connectivity index (χ1v) is 8.41. The van der Waals surface area contributed by atoms with Gasteiger partial charge >= 0.3 is 17.7 Å². The van der Waals surface area contributed by atoms with Gasteiger partial charge in [-0.25, -0.2) is 24.1 Å². The molecule has 0 aromatic carbocycles. The minimum atomic E-state index is -0.441. The fourth-order valence-corrected chi connectivity index (χ4v) is 2.95. The number of hydrogen-bond donors (Lipinski definition) is 0. The van der Waals surface area contributed by atoms with E-state index in [1.54, 1.807) is 18.9 Å². The molecular formula is C16H21N5O4. The molecule has 9 heteroatoms. The molecule has 0 atom stereocenters. The number of carbonyl (C=O) groups is 2. The number of fused-ring (bicyclic) bond motifs is 1. The fraction of sp³-hybridized carbons (Fsp3) is 0.562.